The summed E-state index contributed by atoms with van der Waals surface area (Å²) in [7, 11) is -3.91. The summed E-state index contributed by atoms with van der Waals surface area (Å²) in [6.07, 6.45) is 1.22. The molecule has 0 unspecified atom stereocenters. The van der Waals surface area contributed by atoms with Gasteiger partial charge in [-0.15, -0.1) is 0 Å². The number of hydrogen-bond acceptors (Lipinski definition) is 4. The molecular weight excluding hydrogens is 299 g/mol. The Morgan fingerprint density at radius 2 is 1.90 bits per heavy atom. The van der Waals surface area contributed by atoms with E-state index in [0.717, 1.165) is 0 Å². The van der Waals surface area contributed by atoms with Crippen molar-refractivity contribution < 1.29 is 17.6 Å². The Bertz CT molecular complexity index is 780. The van der Waals surface area contributed by atoms with Gasteiger partial charge in [0.2, 0.25) is 5.95 Å². The lowest BCUT2D eigenvalue weighted by atomic mass is 10.2. The van der Waals surface area contributed by atoms with Crippen LogP contribution < -0.4 is 15.2 Å². The first kappa shape index (κ1) is 14.9. The lowest BCUT2D eigenvalue weighted by Crippen LogP contribution is -2.21. The monoisotopic (exact) mass is 310 g/mol. The highest BCUT2D eigenvalue weighted by molar-refractivity contribution is 7.90. The summed E-state index contributed by atoms with van der Waals surface area (Å²) in [4.78, 5) is 15.2. The molecule has 1 heterocycles. The summed E-state index contributed by atoms with van der Waals surface area (Å²) >= 11 is 0. The van der Waals surface area contributed by atoms with Crippen LogP contribution in [0.2, 0.25) is 0 Å². The number of hydrogen-bond donors (Lipinski definition) is 3. The van der Waals surface area contributed by atoms with Crippen LogP contribution in [-0.2, 0) is 10.2 Å². The molecule has 0 aliphatic heterocycles. The molecule has 2 aromatic rings. The number of benzene rings is 1. The highest BCUT2D eigenvalue weighted by atomic mass is 32.2. The number of aromatic nitrogens is 1. The molecule has 2 rings (SSSR count). The van der Waals surface area contributed by atoms with Crippen molar-refractivity contribution in [3.63, 3.8) is 0 Å². The second-order valence-electron chi connectivity index (χ2n) is 4.02. The predicted octanol–water partition coefficient (Wildman–Crippen LogP) is 1.09. The topological polar surface area (TPSA) is 114 Å². The van der Waals surface area contributed by atoms with Crippen LogP contribution in [0, 0.1) is 5.95 Å². The molecule has 7 nitrogen and oxygen atoms in total. The average Bonchev–Trinajstić information content (AvgIpc) is 2.37. The molecule has 0 atom stereocenters. The van der Waals surface area contributed by atoms with E-state index in [9.17, 15) is 17.6 Å². The number of anilines is 2. The van der Waals surface area contributed by atoms with E-state index in [4.69, 9.17) is 5.14 Å². The zero-order valence-electron chi connectivity index (χ0n) is 10.6. The summed E-state index contributed by atoms with van der Waals surface area (Å²) in [6.45, 7) is 0. The Balaban J connectivity index is 2.19. The zero-order chi connectivity index (χ0) is 15.5. The molecule has 0 aliphatic rings. The summed E-state index contributed by atoms with van der Waals surface area (Å²) in [5, 5.41) is 7.28. The third-order valence-corrected chi connectivity index (χ3v) is 2.90. The molecule has 1 amide bonds. The third-order valence-electron chi connectivity index (χ3n) is 2.38. The standard InChI is InChI=1S/C12H11FN4O3S/c13-11-10(5-2-6-15-11)12(18)16-8-3-1-4-9(7-8)17-21(14,19)20/h1-7,17H,(H,16,18)(H2,14,19,20). The highest BCUT2D eigenvalue weighted by Gasteiger charge is 2.12. The molecule has 0 spiro atoms. The van der Waals surface area contributed by atoms with Crippen LogP contribution in [0.4, 0.5) is 15.8 Å². The largest absolute Gasteiger partial charge is 0.322 e. The lowest BCUT2D eigenvalue weighted by molar-refractivity contribution is 0.102. The average molecular weight is 310 g/mol. The Kier molecular flexibility index (Phi) is 4.15. The number of halogens is 1. The predicted molar refractivity (Wildman–Crippen MR) is 75.3 cm³/mol. The maximum absolute atomic E-state index is 13.4. The molecular formula is C12H11FN4O3S. The fourth-order valence-electron chi connectivity index (χ4n) is 1.58. The fraction of sp³-hybridized carbons (Fsp3) is 0. The van der Waals surface area contributed by atoms with Gasteiger partial charge >= 0.3 is 0 Å². The van der Waals surface area contributed by atoms with Crippen molar-refractivity contribution in [1.29, 1.82) is 0 Å². The van der Waals surface area contributed by atoms with Crippen molar-refractivity contribution in [2.75, 3.05) is 10.0 Å². The number of amides is 1. The van der Waals surface area contributed by atoms with Gasteiger partial charge in [-0.05, 0) is 30.3 Å². The quantitative estimate of drug-likeness (QED) is 0.733. The number of rotatable bonds is 4. The smallest absolute Gasteiger partial charge is 0.296 e. The Morgan fingerprint density at radius 1 is 1.19 bits per heavy atom. The van der Waals surface area contributed by atoms with Crippen LogP contribution >= 0.6 is 0 Å². The van der Waals surface area contributed by atoms with E-state index in [-0.39, 0.29) is 16.9 Å². The van der Waals surface area contributed by atoms with Gasteiger partial charge in [-0.1, -0.05) is 6.07 Å². The molecule has 1 aromatic heterocycles. The molecule has 0 aliphatic carbocycles. The minimum Gasteiger partial charge on any atom is -0.322 e. The number of nitrogens with one attached hydrogen (secondary N) is 2. The first-order valence-corrected chi connectivity index (χ1v) is 7.22. The molecule has 21 heavy (non-hydrogen) atoms. The summed E-state index contributed by atoms with van der Waals surface area (Å²) < 4.78 is 37.3. The maximum Gasteiger partial charge on any atom is 0.296 e. The Labute approximate surface area is 120 Å². The van der Waals surface area contributed by atoms with E-state index in [0.29, 0.717) is 0 Å². The van der Waals surface area contributed by atoms with Gasteiger partial charge in [0.15, 0.2) is 0 Å². The van der Waals surface area contributed by atoms with Crippen LogP contribution in [-0.4, -0.2) is 19.3 Å². The van der Waals surface area contributed by atoms with Gasteiger partial charge in [0, 0.05) is 11.9 Å². The van der Waals surface area contributed by atoms with Crippen LogP contribution in [0.15, 0.2) is 42.6 Å². The van der Waals surface area contributed by atoms with E-state index in [1.807, 2.05) is 0 Å². The van der Waals surface area contributed by atoms with Gasteiger partial charge in [-0.2, -0.15) is 12.8 Å². The van der Waals surface area contributed by atoms with Crippen molar-refractivity contribution in [1.82, 2.24) is 4.98 Å². The van der Waals surface area contributed by atoms with E-state index in [1.54, 1.807) is 0 Å². The van der Waals surface area contributed by atoms with Gasteiger partial charge in [0.05, 0.1) is 11.3 Å². The van der Waals surface area contributed by atoms with Gasteiger partial charge in [-0.3, -0.25) is 9.52 Å². The minimum atomic E-state index is -3.91. The second-order valence-corrected chi connectivity index (χ2v) is 5.32. The summed E-state index contributed by atoms with van der Waals surface area (Å²) in [5.41, 5.74) is 0.223. The van der Waals surface area contributed by atoms with E-state index in [2.05, 4.69) is 15.0 Å². The molecule has 110 valence electrons. The first-order valence-electron chi connectivity index (χ1n) is 5.67. The maximum atomic E-state index is 13.4. The summed E-state index contributed by atoms with van der Waals surface area (Å²) in [6, 6.07) is 8.52. The first-order chi connectivity index (χ1) is 9.85. The van der Waals surface area contributed by atoms with Crippen molar-refractivity contribution in [3.05, 3.63) is 54.1 Å². The van der Waals surface area contributed by atoms with Crippen LogP contribution in [0.3, 0.4) is 0 Å². The van der Waals surface area contributed by atoms with E-state index >= 15 is 0 Å². The number of pyridine rings is 1. The van der Waals surface area contributed by atoms with Crippen LogP contribution in [0.5, 0.6) is 0 Å². The number of nitrogens with two attached hydrogens (primary N) is 1. The van der Waals surface area contributed by atoms with Crippen molar-refractivity contribution >= 4 is 27.5 Å². The molecule has 0 saturated carbocycles. The fourth-order valence-corrected chi connectivity index (χ4v) is 2.03. The number of carbonyl (C=O) groups is 1. The minimum absolute atomic E-state index is 0.168. The second kappa shape index (κ2) is 5.85. The van der Waals surface area contributed by atoms with Gasteiger partial charge in [-0.25, -0.2) is 10.1 Å². The molecule has 4 N–H and O–H groups in total. The highest BCUT2D eigenvalue weighted by Crippen LogP contribution is 2.17. The number of carbonyl (C=O) groups excluding carboxylic acids is 1. The van der Waals surface area contributed by atoms with Crippen LogP contribution in [0.1, 0.15) is 10.4 Å². The van der Waals surface area contributed by atoms with Crippen molar-refractivity contribution in [2.24, 2.45) is 5.14 Å². The van der Waals surface area contributed by atoms with Gasteiger partial charge in [0.25, 0.3) is 16.1 Å². The normalized spacial score (nSPS) is 11.0. The molecule has 0 bridgehead atoms. The van der Waals surface area contributed by atoms with E-state index in [1.165, 1.54) is 42.6 Å². The van der Waals surface area contributed by atoms with E-state index < -0.39 is 22.1 Å². The molecule has 0 fully saturated rings. The van der Waals surface area contributed by atoms with Gasteiger partial charge in [0.1, 0.15) is 0 Å². The SMILES string of the molecule is NS(=O)(=O)Nc1cccc(NC(=O)c2cccnc2F)c1. The van der Waals surface area contributed by atoms with Gasteiger partial charge < -0.3 is 5.32 Å². The Hall–Kier alpha value is -2.52. The van der Waals surface area contributed by atoms with Crippen molar-refractivity contribution in [2.45, 2.75) is 0 Å². The molecule has 0 saturated heterocycles. The van der Waals surface area contributed by atoms with Crippen molar-refractivity contribution in [3.8, 4) is 0 Å². The molecule has 0 radical (unpaired) electrons. The lowest BCUT2D eigenvalue weighted by Gasteiger charge is -2.08. The third kappa shape index (κ3) is 4.23. The molecule has 1 aromatic carbocycles. The molecule has 9 heteroatoms. The number of nitrogens with zero attached hydrogens (tertiary/aromatic N) is 1. The zero-order valence-corrected chi connectivity index (χ0v) is 11.4. The van der Waals surface area contributed by atoms with Crippen LogP contribution in [0.25, 0.3) is 0 Å². The summed E-state index contributed by atoms with van der Waals surface area (Å²) in [5.74, 6) is -1.60. The Morgan fingerprint density at radius 3 is 2.57 bits per heavy atom.